The van der Waals surface area contributed by atoms with Crippen LogP contribution in [0.25, 0.3) is 0 Å². The number of nitrogens with two attached hydrogens (primary N) is 1. The number of hydrogen-bond acceptors (Lipinski definition) is 5. The zero-order chi connectivity index (χ0) is 13.8. The van der Waals surface area contributed by atoms with Gasteiger partial charge >= 0.3 is 0 Å². The van der Waals surface area contributed by atoms with Crippen molar-refractivity contribution in [1.29, 1.82) is 0 Å². The van der Waals surface area contributed by atoms with Crippen LogP contribution < -0.4 is 11.1 Å². The van der Waals surface area contributed by atoms with E-state index in [2.05, 4.69) is 15.3 Å². The summed E-state index contributed by atoms with van der Waals surface area (Å²) in [7, 11) is 0. The van der Waals surface area contributed by atoms with E-state index in [-0.39, 0.29) is 11.9 Å². The molecule has 0 aliphatic heterocycles. The second kappa shape index (κ2) is 6.39. The molecule has 1 saturated carbocycles. The van der Waals surface area contributed by atoms with Gasteiger partial charge in [0.2, 0.25) is 5.28 Å². The number of hydrogen-bond donors (Lipinski definition) is 3. The topological polar surface area (TPSA) is 84.1 Å². The van der Waals surface area contributed by atoms with Gasteiger partial charge in [-0.25, -0.2) is 4.98 Å². The Bertz CT molecular complexity index is 441. The number of aliphatic hydroxyl groups is 1. The third-order valence-corrected chi connectivity index (χ3v) is 4.11. The Kier molecular flexibility index (Phi) is 4.82. The molecule has 0 bridgehead atoms. The Balaban J connectivity index is 2.01. The van der Waals surface area contributed by atoms with Crippen LogP contribution in [0.4, 0.5) is 11.5 Å². The lowest BCUT2D eigenvalue weighted by molar-refractivity contribution is 0.141. The van der Waals surface area contributed by atoms with E-state index in [0.717, 1.165) is 19.4 Å². The van der Waals surface area contributed by atoms with Crippen LogP contribution in [0.3, 0.4) is 0 Å². The summed E-state index contributed by atoms with van der Waals surface area (Å²) >= 11 is 5.84. The monoisotopic (exact) mass is 284 g/mol. The van der Waals surface area contributed by atoms with E-state index in [9.17, 15) is 5.11 Å². The molecule has 6 heteroatoms. The number of nitrogens with one attached hydrogen (secondary N) is 1. The molecular weight excluding hydrogens is 264 g/mol. The van der Waals surface area contributed by atoms with Crippen molar-refractivity contribution in [2.24, 2.45) is 11.8 Å². The quantitative estimate of drug-likeness (QED) is 0.739. The lowest BCUT2D eigenvalue weighted by atomic mass is 9.79. The van der Waals surface area contributed by atoms with Crippen LogP contribution in [0.1, 0.15) is 31.4 Å². The van der Waals surface area contributed by atoms with Gasteiger partial charge in [0.25, 0.3) is 0 Å². The van der Waals surface area contributed by atoms with Crippen molar-refractivity contribution < 1.29 is 5.11 Å². The van der Waals surface area contributed by atoms with Gasteiger partial charge in [-0.2, -0.15) is 4.98 Å². The highest BCUT2D eigenvalue weighted by atomic mass is 35.5. The first-order chi connectivity index (χ1) is 9.11. The van der Waals surface area contributed by atoms with Crippen LogP contribution in [0.15, 0.2) is 0 Å². The van der Waals surface area contributed by atoms with Crippen LogP contribution in [0, 0.1) is 18.8 Å². The van der Waals surface area contributed by atoms with Crippen molar-refractivity contribution >= 4 is 23.1 Å². The summed E-state index contributed by atoms with van der Waals surface area (Å²) in [6, 6.07) is 0. The third-order valence-electron chi connectivity index (χ3n) is 3.94. The normalized spacial score (nSPS) is 23.3. The first-order valence-corrected chi connectivity index (χ1v) is 7.14. The highest BCUT2D eigenvalue weighted by molar-refractivity contribution is 6.28. The zero-order valence-electron chi connectivity index (χ0n) is 11.2. The van der Waals surface area contributed by atoms with E-state index in [1.807, 2.05) is 6.92 Å². The van der Waals surface area contributed by atoms with Crippen LogP contribution in [-0.2, 0) is 0 Å². The average Bonchev–Trinajstić information content (AvgIpc) is 2.41. The number of nitrogens with zero attached hydrogens (tertiary/aromatic N) is 2. The highest BCUT2D eigenvalue weighted by Crippen LogP contribution is 2.30. The summed E-state index contributed by atoms with van der Waals surface area (Å²) in [5.41, 5.74) is 7.17. The lowest BCUT2D eigenvalue weighted by Gasteiger charge is -2.30. The number of nitrogen functional groups attached to an aromatic ring is 1. The molecule has 19 heavy (non-hydrogen) atoms. The van der Waals surface area contributed by atoms with E-state index in [1.165, 1.54) is 12.8 Å². The number of halogens is 1. The van der Waals surface area contributed by atoms with Crippen molar-refractivity contribution in [3.8, 4) is 0 Å². The molecule has 1 heterocycles. The van der Waals surface area contributed by atoms with Crippen molar-refractivity contribution in [3.05, 3.63) is 11.0 Å². The fourth-order valence-corrected chi connectivity index (χ4v) is 2.91. The maximum absolute atomic E-state index is 9.40. The molecule has 0 saturated heterocycles. The Hall–Kier alpha value is -1.07. The molecule has 1 fully saturated rings. The van der Waals surface area contributed by atoms with E-state index in [1.54, 1.807) is 0 Å². The first kappa shape index (κ1) is 14.3. The number of aliphatic hydroxyl groups excluding tert-OH is 1. The molecule has 1 aliphatic rings. The van der Waals surface area contributed by atoms with E-state index >= 15 is 0 Å². The first-order valence-electron chi connectivity index (χ1n) is 6.76. The maximum Gasteiger partial charge on any atom is 0.224 e. The summed E-state index contributed by atoms with van der Waals surface area (Å²) in [4.78, 5) is 8.13. The standard InChI is InChI=1S/C13H21ClN4O/c1-8-11(15)12(18-13(14)17-8)16-6-9-4-2-3-5-10(9)7-19/h9-10,19H,2-7,15H2,1H3,(H,16,17,18). The van der Waals surface area contributed by atoms with E-state index < -0.39 is 0 Å². The fraction of sp³-hybridized carbons (Fsp3) is 0.692. The van der Waals surface area contributed by atoms with Gasteiger partial charge in [-0.15, -0.1) is 0 Å². The predicted octanol–water partition coefficient (Wildman–Crippen LogP) is 2.23. The van der Waals surface area contributed by atoms with Crippen LogP contribution in [0.5, 0.6) is 0 Å². The van der Waals surface area contributed by atoms with Crippen molar-refractivity contribution in [2.45, 2.75) is 32.6 Å². The van der Waals surface area contributed by atoms with Crippen molar-refractivity contribution in [2.75, 3.05) is 24.2 Å². The van der Waals surface area contributed by atoms with Crippen LogP contribution in [0.2, 0.25) is 5.28 Å². The summed E-state index contributed by atoms with van der Waals surface area (Å²) in [5, 5.41) is 12.9. The summed E-state index contributed by atoms with van der Waals surface area (Å²) in [5.74, 6) is 1.44. The molecule has 4 N–H and O–H groups in total. The Morgan fingerprint density at radius 1 is 1.32 bits per heavy atom. The molecule has 5 nitrogen and oxygen atoms in total. The predicted molar refractivity (Wildman–Crippen MR) is 77.2 cm³/mol. The zero-order valence-corrected chi connectivity index (χ0v) is 12.0. The molecule has 1 aromatic rings. The van der Waals surface area contributed by atoms with Gasteiger partial charge in [-0.3, -0.25) is 0 Å². The van der Waals surface area contributed by atoms with Crippen LogP contribution in [-0.4, -0.2) is 28.2 Å². The number of anilines is 2. The number of aryl methyl sites for hydroxylation is 1. The van der Waals surface area contributed by atoms with Gasteiger partial charge < -0.3 is 16.2 Å². The second-order valence-electron chi connectivity index (χ2n) is 5.21. The molecular formula is C13H21ClN4O. The van der Waals surface area contributed by atoms with Crippen molar-refractivity contribution in [1.82, 2.24) is 9.97 Å². The SMILES string of the molecule is Cc1nc(Cl)nc(NCC2CCCCC2CO)c1N. The van der Waals surface area contributed by atoms with Gasteiger partial charge in [-0.05, 0) is 43.2 Å². The maximum atomic E-state index is 9.40. The van der Waals surface area contributed by atoms with Gasteiger partial charge in [0, 0.05) is 13.2 Å². The largest absolute Gasteiger partial charge is 0.396 e. The Morgan fingerprint density at radius 3 is 2.68 bits per heavy atom. The molecule has 2 atom stereocenters. The molecule has 0 spiro atoms. The third kappa shape index (κ3) is 3.48. The Labute approximate surface area is 118 Å². The summed E-state index contributed by atoms with van der Waals surface area (Å²) in [6.45, 7) is 2.83. The van der Waals surface area contributed by atoms with Gasteiger partial charge in [0.05, 0.1) is 11.4 Å². The summed E-state index contributed by atoms with van der Waals surface area (Å²) < 4.78 is 0. The minimum absolute atomic E-state index is 0.205. The average molecular weight is 285 g/mol. The van der Waals surface area contributed by atoms with Gasteiger partial charge in [0.1, 0.15) is 0 Å². The van der Waals surface area contributed by atoms with Gasteiger partial charge in [0.15, 0.2) is 5.82 Å². The minimum atomic E-state index is 0.205. The Morgan fingerprint density at radius 2 is 2.00 bits per heavy atom. The lowest BCUT2D eigenvalue weighted by Crippen LogP contribution is -2.29. The highest BCUT2D eigenvalue weighted by Gasteiger charge is 2.24. The molecule has 0 radical (unpaired) electrons. The van der Waals surface area contributed by atoms with E-state index in [0.29, 0.717) is 29.0 Å². The van der Waals surface area contributed by atoms with E-state index in [4.69, 9.17) is 17.3 Å². The molecule has 1 aliphatic carbocycles. The molecule has 2 rings (SSSR count). The fourth-order valence-electron chi connectivity index (χ4n) is 2.70. The molecule has 106 valence electrons. The summed E-state index contributed by atoms with van der Waals surface area (Å²) in [6.07, 6.45) is 4.67. The minimum Gasteiger partial charge on any atom is -0.396 e. The molecule has 1 aromatic heterocycles. The smallest absolute Gasteiger partial charge is 0.224 e. The number of aromatic nitrogens is 2. The molecule has 2 unspecified atom stereocenters. The second-order valence-corrected chi connectivity index (χ2v) is 5.55. The number of rotatable bonds is 4. The van der Waals surface area contributed by atoms with Gasteiger partial charge in [-0.1, -0.05) is 12.8 Å². The van der Waals surface area contributed by atoms with Crippen LogP contribution >= 0.6 is 11.6 Å². The van der Waals surface area contributed by atoms with Crippen molar-refractivity contribution in [3.63, 3.8) is 0 Å². The molecule has 0 aromatic carbocycles. The molecule has 0 amide bonds.